The standard InChI is InChI=1S/C12H25NO/c1-4-13(5-2)12(10-14)8-6-11(3)7-9-12/h11,14H,4-10H2,1-3H3. The van der Waals surface area contributed by atoms with Crippen LogP contribution < -0.4 is 0 Å². The number of nitrogens with zero attached hydrogens (tertiary/aromatic N) is 1. The second kappa shape index (κ2) is 5.13. The molecule has 1 saturated carbocycles. The van der Waals surface area contributed by atoms with Crippen molar-refractivity contribution in [1.82, 2.24) is 4.90 Å². The lowest BCUT2D eigenvalue weighted by Gasteiger charge is -2.46. The first-order valence-corrected chi connectivity index (χ1v) is 6.04. The zero-order valence-electron chi connectivity index (χ0n) is 9.92. The van der Waals surface area contributed by atoms with Gasteiger partial charge in [0.2, 0.25) is 0 Å². The molecule has 1 N–H and O–H groups in total. The Labute approximate surface area is 88.3 Å². The summed E-state index contributed by atoms with van der Waals surface area (Å²) in [5.41, 5.74) is 0.107. The van der Waals surface area contributed by atoms with E-state index in [4.69, 9.17) is 0 Å². The van der Waals surface area contributed by atoms with Gasteiger partial charge in [0.25, 0.3) is 0 Å². The summed E-state index contributed by atoms with van der Waals surface area (Å²) in [6.07, 6.45) is 4.90. The Hall–Kier alpha value is -0.0800. The number of likely N-dealkylation sites (N-methyl/N-ethyl adjacent to an activating group) is 1. The Kier molecular flexibility index (Phi) is 4.39. The second-order valence-corrected chi connectivity index (χ2v) is 4.74. The zero-order chi connectivity index (χ0) is 10.6. The van der Waals surface area contributed by atoms with E-state index in [2.05, 4.69) is 25.7 Å². The molecule has 0 saturated heterocycles. The van der Waals surface area contributed by atoms with E-state index in [0.717, 1.165) is 19.0 Å². The number of aliphatic hydroxyl groups is 1. The van der Waals surface area contributed by atoms with Crippen LogP contribution in [-0.2, 0) is 0 Å². The number of hydrogen-bond acceptors (Lipinski definition) is 2. The molecule has 0 radical (unpaired) electrons. The van der Waals surface area contributed by atoms with Gasteiger partial charge in [0.1, 0.15) is 0 Å². The first kappa shape index (κ1) is 12.0. The molecule has 1 aliphatic rings. The van der Waals surface area contributed by atoms with Crippen molar-refractivity contribution in [2.45, 2.75) is 52.0 Å². The lowest BCUT2D eigenvalue weighted by atomic mass is 9.76. The van der Waals surface area contributed by atoms with Crippen molar-refractivity contribution < 1.29 is 5.11 Å². The van der Waals surface area contributed by atoms with Gasteiger partial charge in [-0.1, -0.05) is 20.8 Å². The summed E-state index contributed by atoms with van der Waals surface area (Å²) in [5.74, 6) is 0.852. The van der Waals surface area contributed by atoms with Crippen molar-refractivity contribution in [2.24, 2.45) is 5.92 Å². The minimum absolute atomic E-state index is 0.107. The Morgan fingerprint density at radius 1 is 1.21 bits per heavy atom. The summed E-state index contributed by atoms with van der Waals surface area (Å²) in [5, 5.41) is 9.62. The molecule has 14 heavy (non-hydrogen) atoms. The molecule has 84 valence electrons. The summed E-state index contributed by atoms with van der Waals surface area (Å²) >= 11 is 0. The lowest BCUT2D eigenvalue weighted by Crippen LogP contribution is -2.53. The van der Waals surface area contributed by atoms with Crippen LogP contribution in [0, 0.1) is 5.92 Å². The van der Waals surface area contributed by atoms with Gasteiger partial charge >= 0.3 is 0 Å². The van der Waals surface area contributed by atoms with Crippen molar-refractivity contribution in [3.8, 4) is 0 Å². The average Bonchev–Trinajstić information content (AvgIpc) is 2.23. The van der Waals surface area contributed by atoms with Crippen LogP contribution in [0.4, 0.5) is 0 Å². The normalized spacial score (nSPS) is 33.6. The molecule has 0 bridgehead atoms. The average molecular weight is 199 g/mol. The van der Waals surface area contributed by atoms with Gasteiger partial charge < -0.3 is 5.11 Å². The van der Waals surface area contributed by atoms with E-state index in [1.807, 2.05) is 0 Å². The minimum atomic E-state index is 0.107. The molecule has 2 nitrogen and oxygen atoms in total. The highest BCUT2D eigenvalue weighted by atomic mass is 16.3. The molecule has 1 fully saturated rings. The summed E-state index contributed by atoms with van der Waals surface area (Å²) in [7, 11) is 0. The molecular formula is C12H25NO. The van der Waals surface area contributed by atoms with Gasteiger partial charge in [-0.2, -0.15) is 0 Å². The summed E-state index contributed by atoms with van der Waals surface area (Å²) in [6, 6.07) is 0. The molecule has 0 aromatic rings. The highest BCUT2D eigenvalue weighted by Gasteiger charge is 2.37. The maximum Gasteiger partial charge on any atom is 0.0615 e. The zero-order valence-corrected chi connectivity index (χ0v) is 9.92. The molecule has 0 heterocycles. The van der Waals surface area contributed by atoms with Crippen molar-refractivity contribution in [1.29, 1.82) is 0 Å². The van der Waals surface area contributed by atoms with Gasteiger partial charge in [-0.3, -0.25) is 4.90 Å². The molecule has 0 spiro atoms. The fraction of sp³-hybridized carbons (Fsp3) is 1.00. The Balaban J connectivity index is 2.65. The van der Waals surface area contributed by atoms with Crippen LogP contribution in [0.3, 0.4) is 0 Å². The highest BCUT2D eigenvalue weighted by Crippen LogP contribution is 2.35. The largest absolute Gasteiger partial charge is 0.394 e. The van der Waals surface area contributed by atoms with E-state index in [-0.39, 0.29) is 5.54 Å². The lowest BCUT2D eigenvalue weighted by molar-refractivity contribution is -0.00186. The summed E-state index contributed by atoms with van der Waals surface area (Å²) in [6.45, 7) is 9.17. The first-order valence-electron chi connectivity index (χ1n) is 6.04. The molecule has 0 aromatic heterocycles. The number of hydrogen-bond donors (Lipinski definition) is 1. The van der Waals surface area contributed by atoms with Crippen LogP contribution in [0.5, 0.6) is 0 Å². The second-order valence-electron chi connectivity index (χ2n) is 4.74. The van der Waals surface area contributed by atoms with Crippen LogP contribution in [0.15, 0.2) is 0 Å². The van der Waals surface area contributed by atoms with Gasteiger partial charge in [-0.15, -0.1) is 0 Å². The van der Waals surface area contributed by atoms with Crippen molar-refractivity contribution >= 4 is 0 Å². The Morgan fingerprint density at radius 2 is 1.71 bits per heavy atom. The first-order chi connectivity index (χ1) is 6.68. The van der Waals surface area contributed by atoms with Crippen LogP contribution >= 0.6 is 0 Å². The van der Waals surface area contributed by atoms with E-state index in [1.165, 1.54) is 25.7 Å². The van der Waals surface area contributed by atoms with Gasteiger partial charge in [0.15, 0.2) is 0 Å². The molecule has 0 unspecified atom stereocenters. The molecule has 0 aliphatic heterocycles. The maximum absolute atomic E-state index is 9.62. The highest BCUT2D eigenvalue weighted by molar-refractivity contribution is 4.93. The van der Waals surface area contributed by atoms with Crippen LogP contribution in [0.25, 0.3) is 0 Å². The van der Waals surface area contributed by atoms with Crippen LogP contribution in [-0.4, -0.2) is 35.2 Å². The molecule has 0 atom stereocenters. The molecule has 0 aromatic carbocycles. The van der Waals surface area contributed by atoms with E-state index >= 15 is 0 Å². The molecule has 0 amide bonds. The molecular weight excluding hydrogens is 174 g/mol. The van der Waals surface area contributed by atoms with Crippen molar-refractivity contribution in [3.63, 3.8) is 0 Å². The van der Waals surface area contributed by atoms with Gasteiger partial charge in [-0.05, 0) is 44.7 Å². The molecule has 2 heteroatoms. The summed E-state index contributed by atoms with van der Waals surface area (Å²) < 4.78 is 0. The van der Waals surface area contributed by atoms with Gasteiger partial charge in [0, 0.05) is 5.54 Å². The van der Waals surface area contributed by atoms with E-state index in [9.17, 15) is 5.11 Å². The predicted octanol–water partition coefficient (Wildman–Crippen LogP) is 2.27. The van der Waals surface area contributed by atoms with E-state index in [1.54, 1.807) is 0 Å². The smallest absolute Gasteiger partial charge is 0.0615 e. The van der Waals surface area contributed by atoms with Crippen LogP contribution in [0.1, 0.15) is 46.5 Å². The SMILES string of the molecule is CCN(CC)C1(CO)CCC(C)CC1. The molecule has 1 aliphatic carbocycles. The monoisotopic (exact) mass is 199 g/mol. The number of rotatable bonds is 4. The topological polar surface area (TPSA) is 23.5 Å². The van der Waals surface area contributed by atoms with Gasteiger partial charge in [-0.25, -0.2) is 0 Å². The molecule has 1 rings (SSSR count). The Morgan fingerprint density at radius 3 is 2.07 bits per heavy atom. The Bertz CT molecular complexity index is 158. The fourth-order valence-corrected chi connectivity index (χ4v) is 2.77. The van der Waals surface area contributed by atoms with E-state index in [0.29, 0.717) is 6.61 Å². The van der Waals surface area contributed by atoms with Crippen molar-refractivity contribution in [2.75, 3.05) is 19.7 Å². The summed E-state index contributed by atoms with van der Waals surface area (Å²) in [4.78, 5) is 2.44. The predicted molar refractivity (Wildman–Crippen MR) is 60.4 cm³/mol. The maximum atomic E-state index is 9.62. The van der Waals surface area contributed by atoms with Crippen LogP contribution in [0.2, 0.25) is 0 Å². The minimum Gasteiger partial charge on any atom is -0.394 e. The quantitative estimate of drug-likeness (QED) is 0.751. The third-order valence-corrected chi connectivity index (χ3v) is 3.93. The van der Waals surface area contributed by atoms with Gasteiger partial charge in [0.05, 0.1) is 6.61 Å². The van der Waals surface area contributed by atoms with E-state index < -0.39 is 0 Å². The fourth-order valence-electron chi connectivity index (χ4n) is 2.77. The third-order valence-electron chi connectivity index (χ3n) is 3.93. The third kappa shape index (κ3) is 2.29. The van der Waals surface area contributed by atoms with Crippen molar-refractivity contribution in [3.05, 3.63) is 0 Å². The number of aliphatic hydroxyl groups excluding tert-OH is 1.